The average molecular weight is 265 g/mol. The van der Waals surface area contributed by atoms with Gasteiger partial charge < -0.3 is 10.4 Å². The predicted molar refractivity (Wildman–Crippen MR) is 75.4 cm³/mol. The Morgan fingerprint density at radius 3 is 2.74 bits per heavy atom. The standard InChI is InChI=1S/C16H24FNO/c1-12-6-8-16(19,9-7-12)11-18-13(2)14-4-3-5-15(17)10-14/h3-5,10,12-13,18-19H,6-9,11H2,1-2H3. The van der Waals surface area contributed by atoms with Crippen LogP contribution in [0.4, 0.5) is 4.39 Å². The van der Waals surface area contributed by atoms with Crippen LogP contribution in [0.15, 0.2) is 24.3 Å². The van der Waals surface area contributed by atoms with E-state index in [1.165, 1.54) is 6.07 Å². The van der Waals surface area contributed by atoms with E-state index in [0.717, 1.165) is 37.2 Å². The highest BCUT2D eigenvalue weighted by Crippen LogP contribution is 2.31. The zero-order chi connectivity index (χ0) is 13.9. The highest BCUT2D eigenvalue weighted by atomic mass is 19.1. The van der Waals surface area contributed by atoms with E-state index in [2.05, 4.69) is 12.2 Å². The van der Waals surface area contributed by atoms with Crippen LogP contribution in [0.2, 0.25) is 0 Å². The Hall–Kier alpha value is -0.930. The fourth-order valence-electron chi connectivity index (χ4n) is 2.71. The summed E-state index contributed by atoms with van der Waals surface area (Å²) in [6.45, 7) is 4.82. The van der Waals surface area contributed by atoms with Gasteiger partial charge in [0.15, 0.2) is 0 Å². The average Bonchev–Trinajstić information content (AvgIpc) is 2.40. The predicted octanol–water partition coefficient (Wildman–Crippen LogP) is 3.42. The summed E-state index contributed by atoms with van der Waals surface area (Å²) in [7, 11) is 0. The molecular weight excluding hydrogens is 241 g/mol. The van der Waals surface area contributed by atoms with Crippen molar-refractivity contribution in [2.75, 3.05) is 6.54 Å². The molecule has 2 rings (SSSR count). The smallest absolute Gasteiger partial charge is 0.123 e. The summed E-state index contributed by atoms with van der Waals surface area (Å²) < 4.78 is 13.2. The molecule has 0 aliphatic heterocycles. The second-order valence-electron chi connectivity index (χ2n) is 6.06. The molecule has 1 saturated carbocycles. The van der Waals surface area contributed by atoms with Gasteiger partial charge in [-0.2, -0.15) is 0 Å². The van der Waals surface area contributed by atoms with Crippen LogP contribution < -0.4 is 5.32 Å². The van der Waals surface area contributed by atoms with Gasteiger partial charge in [-0.25, -0.2) is 4.39 Å². The number of rotatable bonds is 4. The number of aliphatic hydroxyl groups is 1. The topological polar surface area (TPSA) is 32.3 Å². The maximum atomic E-state index is 13.2. The lowest BCUT2D eigenvalue weighted by Crippen LogP contribution is -2.44. The molecule has 1 aliphatic rings. The van der Waals surface area contributed by atoms with E-state index in [0.29, 0.717) is 6.54 Å². The third-order valence-corrected chi connectivity index (χ3v) is 4.29. The first-order valence-corrected chi connectivity index (χ1v) is 7.20. The number of hydrogen-bond acceptors (Lipinski definition) is 2. The number of halogens is 1. The highest BCUT2D eigenvalue weighted by molar-refractivity contribution is 5.19. The molecule has 19 heavy (non-hydrogen) atoms. The first-order chi connectivity index (χ1) is 8.98. The van der Waals surface area contributed by atoms with E-state index < -0.39 is 5.60 Å². The first-order valence-electron chi connectivity index (χ1n) is 7.20. The van der Waals surface area contributed by atoms with Gasteiger partial charge in [-0.15, -0.1) is 0 Å². The molecule has 1 aromatic carbocycles. The van der Waals surface area contributed by atoms with Crippen molar-refractivity contribution < 1.29 is 9.50 Å². The van der Waals surface area contributed by atoms with E-state index >= 15 is 0 Å². The summed E-state index contributed by atoms with van der Waals surface area (Å²) in [6.07, 6.45) is 3.90. The SMILES string of the molecule is CC1CCC(O)(CNC(C)c2cccc(F)c2)CC1. The van der Waals surface area contributed by atoms with Crippen LogP contribution in [0, 0.1) is 11.7 Å². The van der Waals surface area contributed by atoms with Gasteiger partial charge in [0.05, 0.1) is 5.60 Å². The Labute approximate surface area is 115 Å². The molecule has 106 valence electrons. The van der Waals surface area contributed by atoms with Gasteiger partial charge in [0.2, 0.25) is 0 Å². The zero-order valence-electron chi connectivity index (χ0n) is 11.8. The minimum atomic E-state index is -0.589. The van der Waals surface area contributed by atoms with Gasteiger partial charge in [0, 0.05) is 12.6 Å². The van der Waals surface area contributed by atoms with Crippen LogP contribution in [-0.4, -0.2) is 17.3 Å². The summed E-state index contributed by atoms with van der Waals surface area (Å²) in [4.78, 5) is 0. The summed E-state index contributed by atoms with van der Waals surface area (Å²) in [5.41, 5.74) is 0.335. The number of hydrogen-bond donors (Lipinski definition) is 2. The van der Waals surface area contributed by atoms with Gasteiger partial charge in [0.1, 0.15) is 5.82 Å². The van der Waals surface area contributed by atoms with Gasteiger partial charge in [-0.05, 0) is 56.2 Å². The van der Waals surface area contributed by atoms with E-state index in [4.69, 9.17) is 0 Å². The fraction of sp³-hybridized carbons (Fsp3) is 0.625. The number of benzene rings is 1. The zero-order valence-corrected chi connectivity index (χ0v) is 11.8. The monoisotopic (exact) mass is 265 g/mol. The molecule has 1 unspecified atom stereocenters. The van der Waals surface area contributed by atoms with Crippen molar-refractivity contribution in [3.05, 3.63) is 35.6 Å². The van der Waals surface area contributed by atoms with Gasteiger partial charge in [0.25, 0.3) is 0 Å². The second kappa shape index (κ2) is 6.02. The van der Waals surface area contributed by atoms with Crippen molar-refractivity contribution in [3.8, 4) is 0 Å². The van der Waals surface area contributed by atoms with Crippen molar-refractivity contribution >= 4 is 0 Å². The lowest BCUT2D eigenvalue weighted by Gasteiger charge is -2.36. The van der Waals surface area contributed by atoms with Crippen LogP contribution >= 0.6 is 0 Å². The largest absolute Gasteiger partial charge is 0.389 e. The third kappa shape index (κ3) is 4.02. The molecule has 0 spiro atoms. The lowest BCUT2D eigenvalue weighted by atomic mass is 9.79. The minimum absolute atomic E-state index is 0.0547. The van der Waals surface area contributed by atoms with Crippen molar-refractivity contribution in [1.82, 2.24) is 5.32 Å². The molecule has 0 heterocycles. The van der Waals surface area contributed by atoms with E-state index in [-0.39, 0.29) is 11.9 Å². The molecule has 2 N–H and O–H groups in total. The summed E-state index contributed by atoms with van der Waals surface area (Å²) in [5.74, 6) is 0.511. The van der Waals surface area contributed by atoms with Crippen molar-refractivity contribution in [2.24, 2.45) is 5.92 Å². The third-order valence-electron chi connectivity index (χ3n) is 4.29. The van der Waals surface area contributed by atoms with Crippen molar-refractivity contribution in [3.63, 3.8) is 0 Å². The molecule has 1 atom stereocenters. The molecule has 1 fully saturated rings. The van der Waals surface area contributed by atoms with E-state index in [1.807, 2.05) is 13.0 Å². The van der Waals surface area contributed by atoms with Crippen molar-refractivity contribution in [1.29, 1.82) is 0 Å². The molecule has 3 heteroatoms. The van der Waals surface area contributed by atoms with Gasteiger partial charge in [-0.1, -0.05) is 19.1 Å². The van der Waals surface area contributed by atoms with E-state index in [1.54, 1.807) is 12.1 Å². The molecule has 0 saturated heterocycles. The molecule has 1 aliphatic carbocycles. The molecular formula is C16H24FNO. The molecule has 0 amide bonds. The van der Waals surface area contributed by atoms with Crippen molar-refractivity contribution in [2.45, 2.75) is 51.2 Å². The van der Waals surface area contributed by atoms with Gasteiger partial charge >= 0.3 is 0 Å². The van der Waals surface area contributed by atoms with Crippen LogP contribution in [0.3, 0.4) is 0 Å². The Balaban J connectivity index is 1.88. The van der Waals surface area contributed by atoms with Crippen LogP contribution in [0.25, 0.3) is 0 Å². The maximum absolute atomic E-state index is 13.2. The first kappa shape index (κ1) is 14.5. The molecule has 0 aromatic heterocycles. The fourth-order valence-corrected chi connectivity index (χ4v) is 2.71. The Morgan fingerprint density at radius 2 is 2.11 bits per heavy atom. The number of nitrogens with one attached hydrogen (secondary N) is 1. The molecule has 2 nitrogen and oxygen atoms in total. The Kier molecular flexibility index (Phi) is 4.58. The van der Waals surface area contributed by atoms with Crippen LogP contribution in [0.5, 0.6) is 0 Å². The summed E-state index contributed by atoms with van der Waals surface area (Å²) in [5, 5.41) is 13.8. The summed E-state index contributed by atoms with van der Waals surface area (Å²) in [6, 6.07) is 6.68. The highest BCUT2D eigenvalue weighted by Gasteiger charge is 2.31. The lowest BCUT2D eigenvalue weighted by molar-refractivity contribution is -0.00784. The van der Waals surface area contributed by atoms with E-state index in [9.17, 15) is 9.50 Å². The van der Waals surface area contributed by atoms with Gasteiger partial charge in [-0.3, -0.25) is 0 Å². The van der Waals surface area contributed by atoms with Crippen LogP contribution in [0.1, 0.15) is 51.1 Å². The minimum Gasteiger partial charge on any atom is -0.389 e. The molecule has 1 aromatic rings. The molecule has 0 bridgehead atoms. The Bertz CT molecular complexity index is 413. The quantitative estimate of drug-likeness (QED) is 0.874. The summed E-state index contributed by atoms with van der Waals surface area (Å²) >= 11 is 0. The second-order valence-corrected chi connectivity index (χ2v) is 6.06. The van der Waals surface area contributed by atoms with Crippen LogP contribution in [-0.2, 0) is 0 Å². The molecule has 0 radical (unpaired) electrons. The normalized spacial score (nSPS) is 29.2. The Morgan fingerprint density at radius 1 is 1.42 bits per heavy atom. The maximum Gasteiger partial charge on any atom is 0.123 e.